The van der Waals surface area contributed by atoms with Crippen LogP contribution >= 0.6 is 0 Å². The third-order valence-electron chi connectivity index (χ3n) is 8.06. The average Bonchev–Trinajstić information content (AvgIpc) is 3.36. The Morgan fingerprint density at radius 2 is 1.32 bits per heavy atom. The maximum atomic E-state index is 13.8. The van der Waals surface area contributed by atoms with Gasteiger partial charge in [0.25, 0.3) is 0 Å². The van der Waals surface area contributed by atoms with E-state index in [1.165, 1.54) is 45.4 Å². The number of benzene rings is 2. The third-order valence-corrected chi connectivity index (χ3v) is 8.06. The molecule has 2 amide bonds. The molecule has 1 heterocycles. The van der Waals surface area contributed by atoms with E-state index in [2.05, 4.69) is 72.0 Å². The van der Waals surface area contributed by atoms with Crippen molar-refractivity contribution >= 4 is 23.2 Å². The normalized spacial score (nSPS) is 12.6. The van der Waals surface area contributed by atoms with Gasteiger partial charge in [-0.25, -0.2) is 9.13 Å². The van der Waals surface area contributed by atoms with Crippen molar-refractivity contribution in [3.05, 3.63) is 77.9 Å². The first-order valence-electron chi connectivity index (χ1n) is 15.7. The summed E-state index contributed by atoms with van der Waals surface area (Å²) < 4.78 is 4.37. The van der Waals surface area contributed by atoms with Crippen LogP contribution in [-0.2, 0) is 24.3 Å². The molecule has 41 heavy (non-hydrogen) atoms. The maximum Gasteiger partial charge on any atom is 0.348 e. The van der Waals surface area contributed by atoms with Crippen LogP contribution in [-0.4, -0.2) is 16.4 Å². The summed E-state index contributed by atoms with van der Waals surface area (Å²) >= 11 is 0. The number of rotatable bonds is 17. The highest BCUT2D eigenvalue weighted by molar-refractivity contribution is 6.00. The van der Waals surface area contributed by atoms with Gasteiger partial charge in [-0.1, -0.05) is 77.6 Å². The summed E-state index contributed by atoms with van der Waals surface area (Å²) in [5.41, 5.74) is 3.93. The topological polar surface area (TPSA) is 67.0 Å². The number of carbonyl (C=O) groups is 2. The second-order valence-corrected chi connectivity index (χ2v) is 11.5. The van der Waals surface area contributed by atoms with E-state index >= 15 is 0 Å². The van der Waals surface area contributed by atoms with Gasteiger partial charge in [0.05, 0.1) is 13.1 Å². The van der Waals surface area contributed by atoms with E-state index in [0.29, 0.717) is 11.8 Å². The first-order valence-corrected chi connectivity index (χ1v) is 15.7. The van der Waals surface area contributed by atoms with Crippen molar-refractivity contribution in [2.45, 2.75) is 105 Å². The maximum absolute atomic E-state index is 13.8. The van der Waals surface area contributed by atoms with E-state index in [9.17, 15) is 9.59 Å². The molecule has 2 N–H and O–H groups in total. The molecule has 3 aromatic rings. The van der Waals surface area contributed by atoms with Crippen molar-refractivity contribution < 1.29 is 14.2 Å². The van der Waals surface area contributed by atoms with Crippen molar-refractivity contribution in [3.8, 4) is 0 Å². The number of unbranched alkanes of at least 4 members (excludes halogenated alkanes) is 2. The molecule has 6 heteroatoms. The minimum absolute atomic E-state index is 0.0491. The summed E-state index contributed by atoms with van der Waals surface area (Å²) in [7, 11) is 0. The van der Waals surface area contributed by atoms with Crippen LogP contribution in [0.1, 0.15) is 108 Å². The number of amides is 2. The number of aromatic nitrogens is 2. The fourth-order valence-corrected chi connectivity index (χ4v) is 5.45. The number of imidazole rings is 1. The van der Waals surface area contributed by atoms with Crippen LogP contribution in [0.4, 0.5) is 11.4 Å². The minimum atomic E-state index is -0.0727. The van der Waals surface area contributed by atoms with Crippen molar-refractivity contribution in [2.75, 3.05) is 10.6 Å². The molecule has 0 fully saturated rings. The Balaban J connectivity index is 1.75. The van der Waals surface area contributed by atoms with E-state index < -0.39 is 0 Å². The lowest BCUT2D eigenvalue weighted by atomic mass is 9.99. The van der Waals surface area contributed by atoms with Crippen molar-refractivity contribution in [2.24, 2.45) is 11.8 Å². The van der Waals surface area contributed by atoms with Gasteiger partial charge in [-0.3, -0.25) is 9.59 Å². The summed E-state index contributed by atoms with van der Waals surface area (Å²) in [5.74, 6) is 1.76. The second-order valence-electron chi connectivity index (χ2n) is 11.5. The van der Waals surface area contributed by atoms with Crippen molar-refractivity contribution in [1.29, 1.82) is 0 Å². The molecule has 0 aliphatic heterocycles. The zero-order chi connectivity index (χ0) is 29.6. The lowest BCUT2D eigenvalue weighted by Gasteiger charge is -2.15. The van der Waals surface area contributed by atoms with Gasteiger partial charge in [0.1, 0.15) is 12.4 Å². The first kappa shape index (κ1) is 32.1. The molecular formula is C35H51N4O2+. The van der Waals surface area contributed by atoms with Crippen molar-refractivity contribution in [1.82, 2.24) is 4.57 Å². The molecule has 0 radical (unpaired) electrons. The van der Waals surface area contributed by atoms with Gasteiger partial charge < -0.3 is 10.6 Å². The molecular weight excluding hydrogens is 508 g/mol. The fourth-order valence-electron chi connectivity index (χ4n) is 5.45. The molecule has 3 rings (SSSR count). The fraction of sp³-hybridized carbons (Fsp3) is 0.514. The molecule has 0 aliphatic rings. The van der Waals surface area contributed by atoms with Gasteiger partial charge in [0.2, 0.25) is 5.91 Å². The Hall–Kier alpha value is -3.41. The van der Waals surface area contributed by atoms with Crippen LogP contribution < -0.4 is 15.2 Å². The van der Waals surface area contributed by atoms with Crippen LogP contribution in [0.2, 0.25) is 0 Å². The summed E-state index contributed by atoms with van der Waals surface area (Å²) in [4.78, 5) is 25.0. The van der Waals surface area contributed by atoms with Crippen LogP contribution in [0.25, 0.3) is 0 Å². The van der Waals surface area contributed by atoms with Gasteiger partial charge >= 0.3 is 11.7 Å². The number of nitrogens with zero attached hydrogens (tertiary/aromatic N) is 2. The Morgan fingerprint density at radius 1 is 0.780 bits per heavy atom. The van der Waals surface area contributed by atoms with E-state index in [4.69, 9.17) is 0 Å². The number of hydrogen-bond acceptors (Lipinski definition) is 2. The quantitative estimate of drug-likeness (QED) is 0.165. The van der Waals surface area contributed by atoms with Crippen LogP contribution in [0.5, 0.6) is 0 Å². The molecule has 0 spiro atoms. The van der Waals surface area contributed by atoms with Gasteiger partial charge in [-0.2, -0.15) is 0 Å². The predicted octanol–water partition coefficient (Wildman–Crippen LogP) is 8.01. The average molecular weight is 560 g/mol. The summed E-state index contributed by atoms with van der Waals surface area (Å²) in [6, 6.07) is 16.0. The highest BCUT2D eigenvalue weighted by Crippen LogP contribution is 2.20. The SMILES string of the molecule is CCCCC(CC)Cn1cc[n+](CC(CC)CCCC)c1C(=O)Nc1ccc(Cc2ccc(NC(C)=O)cc2)cc1. The van der Waals surface area contributed by atoms with E-state index in [0.717, 1.165) is 60.7 Å². The van der Waals surface area contributed by atoms with Gasteiger partial charge in [0, 0.05) is 18.3 Å². The monoisotopic (exact) mass is 559 g/mol. The Morgan fingerprint density at radius 3 is 1.83 bits per heavy atom. The number of anilines is 2. The summed E-state index contributed by atoms with van der Waals surface area (Å²) in [6.45, 7) is 12.3. The highest BCUT2D eigenvalue weighted by Gasteiger charge is 2.28. The van der Waals surface area contributed by atoms with Gasteiger partial charge in [0.15, 0.2) is 0 Å². The molecule has 0 saturated carbocycles. The van der Waals surface area contributed by atoms with E-state index in [-0.39, 0.29) is 11.8 Å². The zero-order valence-corrected chi connectivity index (χ0v) is 25.9. The molecule has 2 aromatic carbocycles. The summed E-state index contributed by atoms with van der Waals surface area (Å²) in [5, 5.41) is 5.99. The van der Waals surface area contributed by atoms with Crippen LogP contribution in [0.15, 0.2) is 60.9 Å². The number of carbonyl (C=O) groups excluding carboxylic acids is 2. The minimum Gasteiger partial charge on any atom is -0.326 e. The van der Waals surface area contributed by atoms with Gasteiger partial charge in [-0.05, 0) is 79.3 Å². The lowest BCUT2D eigenvalue weighted by Crippen LogP contribution is -2.44. The Bertz CT molecular complexity index is 1180. The number of nitrogens with one attached hydrogen (secondary N) is 2. The molecule has 2 unspecified atom stereocenters. The van der Waals surface area contributed by atoms with Crippen LogP contribution in [0.3, 0.4) is 0 Å². The third kappa shape index (κ3) is 10.2. The standard InChI is InChI=1S/C35H50N4O2/c1-6-10-12-28(8-3)25-38-22-23-39(26-29(9-4)13-11-7-2)35(38)34(41)37-33-20-16-31(17-21-33)24-30-14-18-32(19-15-30)36-27(5)40/h14-23,28-29H,6-13,24-26H2,1-5H3,(H-,36,37,40,41)/p+1. The van der Waals surface area contributed by atoms with E-state index in [1.54, 1.807) is 0 Å². The smallest absolute Gasteiger partial charge is 0.326 e. The molecule has 0 bridgehead atoms. The largest absolute Gasteiger partial charge is 0.348 e. The second kappa shape index (κ2) is 16.8. The lowest BCUT2D eigenvalue weighted by molar-refractivity contribution is -0.704. The molecule has 2 atom stereocenters. The predicted molar refractivity (Wildman–Crippen MR) is 169 cm³/mol. The molecule has 0 aliphatic carbocycles. The Kier molecular flexibility index (Phi) is 13.1. The molecule has 6 nitrogen and oxygen atoms in total. The van der Waals surface area contributed by atoms with Gasteiger partial charge in [-0.15, -0.1) is 0 Å². The zero-order valence-electron chi connectivity index (χ0n) is 25.9. The first-order chi connectivity index (χ1) is 19.9. The van der Waals surface area contributed by atoms with Crippen molar-refractivity contribution in [3.63, 3.8) is 0 Å². The van der Waals surface area contributed by atoms with E-state index in [1.807, 2.05) is 36.4 Å². The molecule has 222 valence electrons. The Labute approximate surface area is 247 Å². The summed E-state index contributed by atoms with van der Waals surface area (Å²) in [6.07, 6.45) is 14.5. The molecule has 1 aromatic heterocycles. The number of hydrogen-bond donors (Lipinski definition) is 2. The van der Waals surface area contributed by atoms with Crippen LogP contribution in [0, 0.1) is 11.8 Å². The molecule has 0 saturated heterocycles. The highest BCUT2D eigenvalue weighted by atomic mass is 16.2.